The van der Waals surface area contributed by atoms with E-state index in [9.17, 15) is 13.6 Å². The number of carbonyl (C=O) groups excluding carboxylic acids is 1. The fourth-order valence-electron chi connectivity index (χ4n) is 3.91. The lowest BCUT2D eigenvalue weighted by molar-refractivity contribution is -0.122. The number of anilines is 1. The molecule has 1 N–H and O–H groups in total. The Balaban J connectivity index is 1.25. The number of hydrogen-bond acceptors (Lipinski definition) is 5. The summed E-state index contributed by atoms with van der Waals surface area (Å²) in [6.07, 6.45) is 2.39. The van der Waals surface area contributed by atoms with E-state index in [-0.39, 0.29) is 37.0 Å². The van der Waals surface area contributed by atoms with Crippen molar-refractivity contribution in [2.75, 3.05) is 24.6 Å². The van der Waals surface area contributed by atoms with Crippen LogP contribution in [-0.4, -0.2) is 48.7 Å². The minimum Gasteiger partial charge on any atom is -0.491 e. The minimum absolute atomic E-state index is 0.0134. The predicted molar refractivity (Wildman–Crippen MR) is 122 cm³/mol. The highest BCUT2D eigenvalue weighted by Gasteiger charge is 2.57. The van der Waals surface area contributed by atoms with Crippen molar-refractivity contribution in [1.29, 1.82) is 0 Å². The maximum absolute atomic E-state index is 13.0. The van der Waals surface area contributed by atoms with Gasteiger partial charge < -0.3 is 19.7 Å². The standard InChI is InChI=1S/C25H31F2N3O3/c1-16(2)29-24(31)17(3)18-4-6-20(7-5-18)33-22-10-11-30(14-22)23-9-8-21(13-28-23)32-15-19-12-25(19,26)27/h4-9,13,16-17,19,22H,10-12,14-15H2,1-3H3,(H,29,31). The lowest BCUT2D eigenvalue weighted by atomic mass is 10.00. The molecule has 1 aromatic heterocycles. The second-order valence-electron chi connectivity index (χ2n) is 9.25. The quantitative estimate of drug-likeness (QED) is 0.602. The zero-order chi connectivity index (χ0) is 23.6. The Kier molecular flexibility index (Phi) is 6.72. The van der Waals surface area contributed by atoms with Gasteiger partial charge in [0.05, 0.1) is 31.2 Å². The SMILES string of the molecule is CC(C)NC(=O)C(C)c1ccc(OC2CCN(c3ccc(OCC4CC4(F)F)cn3)C2)cc1. The summed E-state index contributed by atoms with van der Waals surface area (Å²) in [6, 6.07) is 11.4. The van der Waals surface area contributed by atoms with Crippen molar-refractivity contribution in [3.8, 4) is 11.5 Å². The molecule has 2 fully saturated rings. The number of ether oxygens (including phenoxy) is 2. The molecule has 1 amide bonds. The monoisotopic (exact) mass is 459 g/mol. The average molecular weight is 460 g/mol. The van der Waals surface area contributed by atoms with E-state index in [2.05, 4.69) is 15.2 Å². The molecule has 1 aliphatic heterocycles. The number of pyridine rings is 1. The summed E-state index contributed by atoms with van der Waals surface area (Å²) in [5.41, 5.74) is 0.950. The average Bonchev–Trinajstić information content (AvgIpc) is 3.16. The molecule has 1 aliphatic carbocycles. The van der Waals surface area contributed by atoms with Gasteiger partial charge in [-0.05, 0) is 50.6 Å². The Morgan fingerprint density at radius 1 is 1.18 bits per heavy atom. The second-order valence-corrected chi connectivity index (χ2v) is 9.25. The molecule has 1 aromatic carbocycles. The van der Waals surface area contributed by atoms with Crippen molar-refractivity contribution in [3.63, 3.8) is 0 Å². The van der Waals surface area contributed by atoms with Crippen molar-refractivity contribution in [1.82, 2.24) is 10.3 Å². The Labute approximate surface area is 193 Å². The van der Waals surface area contributed by atoms with Crippen LogP contribution in [0, 0.1) is 5.92 Å². The largest absolute Gasteiger partial charge is 0.491 e. The highest BCUT2D eigenvalue weighted by Crippen LogP contribution is 2.48. The van der Waals surface area contributed by atoms with Crippen LogP contribution < -0.4 is 19.7 Å². The zero-order valence-electron chi connectivity index (χ0n) is 19.3. The summed E-state index contributed by atoms with van der Waals surface area (Å²) in [5.74, 6) is -1.37. The van der Waals surface area contributed by atoms with E-state index in [0.717, 1.165) is 30.1 Å². The van der Waals surface area contributed by atoms with Crippen LogP contribution in [0.2, 0.25) is 0 Å². The van der Waals surface area contributed by atoms with Crippen LogP contribution in [0.25, 0.3) is 0 Å². The van der Waals surface area contributed by atoms with Crippen molar-refractivity contribution < 1.29 is 23.0 Å². The number of rotatable bonds is 9. The first-order valence-electron chi connectivity index (χ1n) is 11.5. The smallest absolute Gasteiger partial charge is 0.255 e. The van der Waals surface area contributed by atoms with Gasteiger partial charge in [-0.1, -0.05) is 12.1 Å². The van der Waals surface area contributed by atoms with E-state index >= 15 is 0 Å². The van der Waals surface area contributed by atoms with Crippen LogP contribution >= 0.6 is 0 Å². The molecule has 0 bridgehead atoms. The Morgan fingerprint density at radius 2 is 1.88 bits per heavy atom. The Hall–Kier alpha value is -2.90. The lowest BCUT2D eigenvalue weighted by Crippen LogP contribution is -2.33. The molecule has 3 unspecified atom stereocenters. The molecule has 1 saturated carbocycles. The third-order valence-electron chi connectivity index (χ3n) is 6.10. The summed E-state index contributed by atoms with van der Waals surface area (Å²) >= 11 is 0. The van der Waals surface area contributed by atoms with Gasteiger partial charge in [0.2, 0.25) is 5.91 Å². The fourth-order valence-corrected chi connectivity index (χ4v) is 3.91. The molecular weight excluding hydrogens is 428 g/mol. The van der Waals surface area contributed by atoms with Gasteiger partial charge in [-0.15, -0.1) is 0 Å². The van der Waals surface area contributed by atoms with Crippen LogP contribution in [0.15, 0.2) is 42.6 Å². The number of benzene rings is 1. The number of nitrogens with zero attached hydrogens (tertiary/aromatic N) is 2. The highest BCUT2D eigenvalue weighted by molar-refractivity contribution is 5.83. The molecule has 8 heteroatoms. The van der Waals surface area contributed by atoms with Gasteiger partial charge in [0.25, 0.3) is 5.92 Å². The van der Waals surface area contributed by atoms with Gasteiger partial charge in [0.1, 0.15) is 23.4 Å². The van der Waals surface area contributed by atoms with E-state index in [1.54, 1.807) is 12.3 Å². The molecule has 0 radical (unpaired) electrons. The minimum atomic E-state index is -2.57. The van der Waals surface area contributed by atoms with Crippen LogP contribution in [0.3, 0.4) is 0 Å². The van der Waals surface area contributed by atoms with Crippen molar-refractivity contribution in [3.05, 3.63) is 48.2 Å². The molecule has 2 heterocycles. The van der Waals surface area contributed by atoms with E-state index in [1.807, 2.05) is 51.1 Å². The van der Waals surface area contributed by atoms with Crippen molar-refractivity contribution in [2.24, 2.45) is 5.92 Å². The lowest BCUT2D eigenvalue weighted by Gasteiger charge is -2.19. The summed E-state index contributed by atoms with van der Waals surface area (Å²) < 4.78 is 37.5. The van der Waals surface area contributed by atoms with Gasteiger partial charge in [-0.2, -0.15) is 0 Å². The third kappa shape index (κ3) is 5.92. The predicted octanol–water partition coefficient (Wildman–Crippen LogP) is 4.40. The summed E-state index contributed by atoms with van der Waals surface area (Å²) in [5, 5.41) is 2.94. The summed E-state index contributed by atoms with van der Waals surface area (Å²) in [7, 11) is 0. The maximum atomic E-state index is 13.0. The molecule has 33 heavy (non-hydrogen) atoms. The molecule has 6 nitrogen and oxygen atoms in total. The maximum Gasteiger partial charge on any atom is 0.255 e. The Morgan fingerprint density at radius 3 is 2.48 bits per heavy atom. The molecule has 1 saturated heterocycles. The first-order valence-corrected chi connectivity index (χ1v) is 11.5. The van der Waals surface area contributed by atoms with Gasteiger partial charge in [0, 0.05) is 25.4 Å². The van der Waals surface area contributed by atoms with Gasteiger partial charge in [-0.3, -0.25) is 4.79 Å². The van der Waals surface area contributed by atoms with Crippen molar-refractivity contribution >= 4 is 11.7 Å². The number of hydrogen-bond donors (Lipinski definition) is 1. The zero-order valence-corrected chi connectivity index (χ0v) is 19.3. The third-order valence-corrected chi connectivity index (χ3v) is 6.10. The number of nitrogens with one attached hydrogen (secondary N) is 1. The first kappa shape index (κ1) is 23.3. The van der Waals surface area contributed by atoms with Crippen LogP contribution in [0.5, 0.6) is 11.5 Å². The van der Waals surface area contributed by atoms with E-state index in [0.29, 0.717) is 12.3 Å². The van der Waals surface area contributed by atoms with E-state index in [4.69, 9.17) is 9.47 Å². The van der Waals surface area contributed by atoms with Gasteiger partial charge >= 0.3 is 0 Å². The highest BCUT2D eigenvalue weighted by atomic mass is 19.3. The number of carbonyl (C=O) groups is 1. The molecule has 4 rings (SSSR count). The summed E-state index contributed by atoms with van der Waals surface area (Å²) in [4.78, 5) is 18.8. The first-order chi connectivity index (χ1) is 15.7. The van der Waals surface area contributed by atoms with Crippen molar-refractivity contribution in [2.45, 2.75) is 57.6 Å². The molecule has 2 aromatic rings. The molecule has 3 atom stereocenters. The second kappa shape index (κ2) is 9.53. The fraction of sp³-hybridized carbons (Fsp3) is 0.520. The molecule has 0 spiro atoms. The normalized spacial score (nSPS) is 22.2. The molecular formula is C25H31F2N3O3. The number of aromatic nitrogens is 1. The van der Waals surface area contributed by atoms with Crippen LogP contribution in [0.4, 0.5) is 14.6 Å². The topological polar surface area (TPSA) is 63.7 Å². The number of halogens is 2. The van der Waals surface area contributed by atoms with E-state index < -0.39 is 11.8 Å². The Bertz CT molecular complexity index is 950. The van der Waals surface area contributed by atoms with Gasteiger partial charge in [0.15, 0.2) is 0 Å². The van der Waals surface area contributed by atoms with Crippen LogP contribution in [0.1, 0.15) is 45.1 Å². The number of alkyl halides is 2. The molecule has 2 aliphatic rings. The molecule has 178 valence electrons. The number of amides is 1. The van der Waals surface area contributed by atoms with E-state index in [1.165, 1.54) is 0 Å². The van der Waals surface area contributed by atoms with Crippen LogP contribution in [-0.2, 0) is 4.79 Å². The summed E-state index contributed by atoms with van der Waals surface area (Å²) in [6.45, 7) is 7.33. The van der Waals surface area contributed by atoms with Gasteiger partial charge in [-0.25, -0.2) is 13.8 Å².